The molecular formula is C28H33N3O9S3. The first-order valence-corrected chi connectivity index (χ1v) is 17.1. The quantitative estimate of drug-likeness (QED) is 0.307. The number of hydrogen-bond acceptors (Lipinski definition) is 11. The van der Waals surface area contributed by atoms with E-state index in [1.807, 2.05) is 6.92 Å². The smallest absolute Gasteiger partial charge is 0.341 e. The molecule has 1 aliphatic carbocycles. The van der Waals surface area contributed by atoms with Gasteiger partial charge in [0.25, 0.3) is 5.91 Å². The predicted molar refractivity (Wildman–Crippen MR) is 162 cm³/mol. The fourth-order valence-corrected chi connectivity index (χ4v) is 8.29. The molecule has 3 aromatic rings. The van der Waals surface area contributed by atoms with Crippen molar-refractivity contribution in [3.63, 3.8) is 0 Å². The molecule has 1 aromatic carbocycles. The number of methoxy groups -OCH3 is 1. The number of sulfone groups is 1. The van der Waals surface area contributed by atoms with Gasteiger partial charge in [0.2, 0.25) is 5.91 Å². The molecule has 1 unspecified atom stereocenters. The monoisotopic (exact) mass is 651 g/mol. The van der Waals surface area contributed by atoms with Crippen molar-refractivity contribution in [2.24, 2.45) is 10.9 Å². The van der Waals surface area contributed by atoms with Gasteiger partial charge in [-0.15, -0.1) is 11.3 Å². The normalized spacial score (nSPS) is 15.2. The molecule has 0 spiro atoms. The van der Waals surface area contributed by atoms with E-state index in [0.717, 1.165) is 34.6 Å². The number of benzene rings is 1. The van der Waals surface area contributed by atoms with Gasteiger partial charge in [0.15, 0.2) is 14.6 Å². The Morgan fingerprint density at radius 3 is 2.58 bits per heavy atom. The lowest BCUT2D eigenvalue weighted by molar-refractivity contribution is -0.143. The van der Waals surface area contributed by atoms with Crippen molar-refractivity contribution in [2.75, 3.05) is 37.1 Å². The van der Waals surface area contributed by atoms with Crippen molar-refractivity contribution in [3.05, 3.63) is 39.0 Å². The zero-order valence-corrected chi connectivity index (χ0v) is 26.7. The van der Waals surface area contributed by atoms with Gasteiger partial charge >= 0.3 is 11.9 Å². The number of fused-ring (bicyclic) bond motifs is 2. The first-order valence-electron chi connectivity index (χ1n) is 13.7. The Morgan fingerprint density at radius 2 is 1.88 bits per heavy atom. The number of ether oxygens (including phenoxy) is 3. The van der Waals surface area contributed by atoms with E-state index in [-0.39, 0.29) is 28.5 Å². The Morgan fingerprint density at radius 1 is 1.12 bits per heavy atom. The van der Waals surface area contributed by atoms with Crippen LogP contribution in [0.25, 0.3) is 10.2 Å². The molecule has 0 radical (unpaired) electrons. The molecule has 2 heterocycles. The summed E-state index contributed by atoms with van der Waals surface area (Å²) in [6.45, 7) is 5.97. The third-order valence-corrected chi connectivity index (χ3v) is 10.2. The molecule has 0 saturated carbocycles. The minimum absolute atomic E-state index is 0.0995. The Labute approximate surface area is 256 Å². The van der Waals surface area contributed by atoms with Crippen LogP contribution in [-0.2, 0) is 53.1 Å². The van der Waals surface area contributed by atoms with E-state index in [2.05, 4.69) is 17.2 Å². The maximum atomic E-state index is 12.9. The Kier molecular flexibility index (Phi) is 10.4. The number of thiazole rings is 1. The number of rotatable bonds is 11. The molecule has 12 nitrogen and oxygen atoms in total. The highest BCUT2D eigenvalue weighted by Gasteiger charge is 2.30. The summed E-state index contributed by atoms with van der Waals surface area (Å²) in [6, 6.07) is 5.17. The van der Waals surface area contributed by atoms with Crippen molar-refractivity contribution in [2.45, 2.75) is 46.6 Å². The molecular weight excluding hydrogens is 619 g/mol. The summed E-state index contributed by atoms with van der Waals surface area (Å²) in [5, 5.41) is 2.78. The number of nitrogens with zero attached hydrogens (tertiary/aromatic N) is 2. The van der Waals surface area contributed by atoms with Crippen LogP contribution in [0, 0.1) is 5.92 Å². The van der Waals surface area contributed by atoms with Gasteiger partial charge in [0, 0.05) is 4.88 Å². The van der Waals surface area contributed by atoms with Crippen LogP contribution in [0.4, 0.5) is 5.00 Å². The number of thiophene rings is 1. The van der Waals surface area contributed by atoms with Crippen molar-refractivity contribution in [1.29, 1.82) is 0 Å². The fourth-order valence-electron chi connectivity index (χ4n) is 4.78. The van der Waals surface area contributed by atoms with Crippen molar-refractivity contribution in [1.82, 2.24) is 4.57 Å². The second-order valence-corrected chi connectivity index (χ2v) is 14.2. The van der Waals surface area contributed by atoms with Crippen LogP contribution in [0.5, 0.6) is 5.75 Å². The SMILES string of the molecule is CCOC(=O)Cn1c(=NC(=O)CS(=O)(=O)CC(=O)Nc2sc3c(c2C(=O)OC)CCC(C)C3)sc2cc(OCC)ccc21. The molecule has 232 valence electrons. The molecule has 0 aliphatic heterocycles. The second kappa shape index (κ2) is 13.8. The van der Waals surface area contributed by atoms with E-state index in [4.69, 9.17) is 14.2 Å². The molecule has 1 N–H and O–H groups in total. The number of anilines is 1. The number of aromatic nitrogens is 1. The maximum absolute atomic E-state index is 12.9. The van der Waals surface area contributed by atoms with Crippen molar-refractivity contribution in [3.8, 4) is 5.75 Å². The lowest BCUT2D eigenvalue weighted by Crippen LogP contribution is -2.29. The van der Waals surface area contributed by atoms with Gasteiger partial charge in [-0.1, -0.05) is 18.3 Å². The molecule has 2 amide bonds. The molecule has 2 aromatic heterocycles. The summed E-state index contributed by atoms with van der Waals surface area (Å²) in [7, 11) is -3.00. The summed E-state index contributed by atoms with van der Waals surface area (Å²) >= 11 is 2.32. The summed E-state index contributed by atoms with van der Waals surface area (Å²) in [5.74, 6) is -4.05. The van der Waals surface area contributed by atoms with Crippen molar-refractivity contribution >= 4 is 71.5 Å². The number of esters is 2. The van der Waals surface area contributed by atoms with E-state index >= 15 is 0 Å². The van der Waals surface area contributed by atoms with E-state index < -0.39 is 45.1 Å². The van der Waals surface area contributed by atoms with Gasteiger partial charge in [-0.2, -0.15) is 4.99 Å². The Bertz CT molecular complexity index is 1730. The van der Waals surface area contributed by atoms with Crippen LogP contribution in [0.3, 0.4) is 0 Å². The molecule has 0 saturated heterocycles. The maximum Gasteiger partial charge on any atom is 0.341 e. The summed E-state index contributed by atoms with van der Waals surface area (Å²) in [6.07, 6.45) is 2.28. The average molecular weight is 652 g/mol. The molecule has 15 heteroatoms. The van der Waals surface area contributed by atoms with Gasteiger partial charge in [0.05, 0.1) is 36.1 Å². The fraction of sp³-hybridized carbons (Fsp3) is 0.464. The predicted octanol–water partition coefficient (Wildman–Crippen LogP) is 3.12. The van der Waals surface area contributed by atoms with Gasteiger partial charge in [0.1, 0.15) is 28.8 Å². The van der Waals surface area contributed by atoms with Crippen LogP contribution >= 0.6 is 22.7 Å². The molecule has 1 atom stereocenters. The highest BCUT2D eigenvalue weighted by molar-refractivity contribution is 7.92. The van der Waals surface area contributed by atoms with Crippen molar-refractivity contribution < 1.29 is 41.8 Å². The molecule has 0 bridgehead atoms. The third kappa shape index (κ3) is 7.89. The number of carbonyl (C=O) groups excluding carboxylic acids is 4. The van der Waals surface area contributed by atoms with Crippen LogP contribution in [0.2, 0.25) is 0 Å². The average Bonchev–Trinajstić information content (AvgIpc) is 3.43. The van der Waals surface area contributed by atoms with Crippen LogP contribution in [0.15, 0.2) is 23.2 Å². The van der Waals surface area contributed by atoms with E-state index in [1.54, 1.807) is 25.1 Å². The summed E-state index contributed by atoms with van der Waals surface area (Å²) < 4.78 is 43.3. The molecule has 1 aliphatic rings. The standard InChI is InChI=1S/C28H33N3O9S3/c1-5-39-17-8-10-19-21(12-17)42-28(31(19)13-24(34)40-6-2)30-23(33)15-43(36,37)14-22(32)29-26-25(27(35)38-4)18-9-7-16(3)11-20(18)41-26/h8,10,12,16H,5-7,9,11,13-15H2,1-4H3,(H,29,32). The molecule has 43 heavy (non-hydrogen) atoms. The molecule has 4 rings (SSSR count). The number of hydrogen-bond donors (Lipinski definition) is 1. The third-order valence-electron chi connectivity index (χ3n) is 6.63. The number of nitrogens with one attached hydrogen (secondary N) is 1. The Hall–Kier alpha value is -3.56. The first kappa shape index (κ1) is 32.4. The van der Waals surface area contributed by atoms with Crippen LogP contribution in [-0.4, -0.2) is 68.6 Å². The minimum Gasteiger partial charge on any atom is -0.494 e. The van der Waals surface area contributed by atoms with E-state index in [1.165, 1.54) is 23.0 Å². The lowest BCUT2D eigenvalue weighted by atomic mass is 9.88. The zero-order valence-electron chi connectivity index (χ0n) is 24.3. The number of amides is 2. The highest BCUT2D eigenvalue weighted by atomic mass is 32.2. The lowest BCUT2D eigenvalue weighted by Gasteiger charge is -2.18. The zero-order chi connectivity index (χ0) is 31.3. The minimum atomic E-state index is -4.24. The van der Waals surface area contributed by atoms with E-state index in [9.17, 15) is 27.6 Å². The van der Waals surface area contributed by atoms with Crippen LogP contribution in [0.1, 0.15) is 48.0 Å². The van der Waals surface area contributed by atoms with Gasteiger partial charge in [-0.3, -0.25) is 14.4 Å². The first-order chi connectivity index (χ1) is 20.4. The van der Waals surface area contributed by atoms with Crippen LogP contribution < -0.4 is 14.9 Å². The van der Waals surface area contributed by atoms with E-state index in [0.29, 0.717) is 34.9 Å². The largest absolute Gasteiger partial charge is 0.494 e. The highest BCUT2D eigenvalue weighted by Crippen LogP contribution is 2.40. The van der Waals surface area contributed by atoms with Gasteiger partial charge in [-0.05, 0) is 62.8 Å². The van der Waals surface area contributed by atoms with Gasteiger partial charge in [-0.25, -0.2) is 13.2 Å². The number of carbonyl (C=O) groups is 4. The summed E-state index contributed by atoms with van der Waals surface area (Å²) in [4.78, 5) is 55.5. The topological polar surface area (TPSA) is 159 Å². The molecule has 0 fully saturated rings. The second-order valence-electron chi connectivity index (χ2n) is 9.97. The summed E-state index contributed by atoms with van der Waals surface area (Å²) in [5.41, 5.74) is 1.65. The van der Waals surface area contributed by atoms with Gasteiger partial charge < -0.3 is 24.1 Å². The Balaban J connectivity index is 1.54.